The number of rotatable bonds is 14. The number of hydrogen-bond donors (Lipinski definition) is 1. The van der Waals surface area contributed by atoms with E-state index < -0.39 is 0 Å². The molecule has 0 bridgehead atoms. The summed E-state index contributed by atoms with van der Waals surface area (Å²) in [4.78, 5) is 2.77. The smallest absolute Gasteiger partial charge is 0.0360 e. The van der Waals surface area contributed by atoms with Gasteiger partial charge in [-0.15, -0.1) is 0 Å². The van der Waals surface area contributed by atoms with Crippen LogP contribution in [0.3, 0.4) is 0 Å². The third-order valence-corrected chi connectivity index (χ3v) is 8.03. The minimum absolute atomic E-state index is 0.430. The molecule has 0 spiro atoms. The van der Waals surface area contributed by atoms with E-state index in [0.717, 1.165) is 51.7 Å². The molecule has 5 rings (SSSR count). The number of hydrogen-bond acceptors (Lipinski definition) is 2. The molecule has 1 unspecified atom stereocenters. The molecule has 196 valence electrons. The number of nitrogens with one attached hydrogen (secondary N) is 1. The lowest BCUT2D eigenvalue weighted by molar-refractivity contribution is 0.181. The summed E-state index contributed by atoms with van der Waals surface area (Å²) in [5.74, 6) is 0. The molecule has 1 aliphatic rings. The summed E-state index contributed by atoms with van der Waals surface area (Å²) in [5.41, 5.74) is 7.37. The second-order valence-electron chi connectivity index (χ2n) is 10.8. The molecule has 0 aromatic heterocycles. The van der Waals surface area contributed by atoms with Gasteiger partial charge >= 0.3 is 0 Å². The standard InChI is InChI=1S/C36H42N2/c1-4-14-30(15-5-1)18-12-26-38(27-13-19-31-16-6-2-7-17-31)36(32-20-8-3-9-21-32)24-25-37-35-28-33-22-10-11-23-34(33)29-35/h1-11,14-17,20-23,35-37H,12-13,18-19,24-29H2. The Morgan fingerprint density at radius 1 is 0.605 bits per heavy atom. The molecule has 0 amide bonds. The fraction of sp³-hybridized carbons (Fsp3) is 0.333. The van der Waals surface area contributed by atoms with Crippen LogP contribution in [0.1, 0.15) is 53.1 Å². The Morgan fingerprint density at radius 3 is 1.61 bits per heavy atom. The van der Waals surface area contributed by atoms with Crippen LogP contribution in [-0.4, -0.2) is 30.6 Å². The van der Waals surface area contributed by atoms with Crippen LogP contribution in [0.15, 0.2) is 115 Å². The molecule has 0 fully saturated rings. The third-order valence-electron chi connectivity index (χ3n) is 8.03. The second-order valence-corrected chi connectivity index (χ2v) is 10.8. The van der Waals surface area contributed by atoms with Crippen LogP contribution >= 0.6 is 0 Å². The van der Waals surface area contributed by atoms with E-state index in [9.17, 15) is 0 Å². The first-order valence-electron chi connectivity index (χ1n) is 14.5. The molecule has 1 N–H and O–H groups in total. The van der Waals surface area contributed by atoms with E-state index in [1.165, 1.54) is 40.7 Å². The normalized spacial score (nSPS) is 14.0. The lowest BCUT2D eigenvalue weighted by Crippen LogP contribution is -2.36. The van der Waals surface area contributed by atoms with Crippen molar-refractivity contribution in [2.24, 2.45) is 0 Å². The van der Waals surface area contributed by atoms with E-state index in [4.69, 9.17) is 0 Å². The zero-order valence-electron chi connectivity index (χ0n) is 22.6. The van der Waals surface area contributed by atoms with Gasteiger partial charge in [0.1, 0.15) is 0 Å². The summed E-state index contributed by atoms with van der Waals surface area (Å²) in [7, 11) is 0. The van der Waals surface area contributed by atoms with E-state index in [-0.39, 0.29) is 0 Å². The van der Waals surface area contributed by atoms with Gasteiger partial charge in [-0.2, -0.15) is 0 Å². The average molecular weight is 503 g/mol. The van der Waals surface area contributed by atoms with Gasteiger partial charge in [0.15, 0.2) is 0 Å². The van der Waals surface area contributed by atoms with Crippen LogP contribution in [-0.2, 0) is 25.7 Å². The largest absolute Gasteiger partial charge is 0.313 e. The van der Waals surface area contributed by atoms with E-state index in [1.54, 1.807) is 0 Å². The van der Waals surface area contributed by atoms with Gasteiger partial charge in [-0.1, -0.05) is 115 Å². The molecule has 0 heterocycles. The molecular weight excluding hydrogens is 460 g/mol. The Kier molecular flexibility index (Phi) is 9.79. The van der Waals surface area contributed by atoms with Crippen molar-refractivity contribution in [3.63, 3.8) is 0 Å². The predicted octanol–water partition coefficient (Wildman–Crippen LogP) is 7.44. The lowest BCUT2D eigenvalue weighted by atomic mass is 9.99. The van der Waals surface area contributed by atoms with Crippen LogP contribution in [0, 0.1) is 0 Å². The van der Waals surface area contributed by atoms with E-state index in [1.807, 2.05) is 0 Å². The molecule has 0 saturated carbocycles. The lowest BCUT2D eigenvalue weighted by Gasteiger charge is -2.33. The molecule has 2 heteroatoms. The molecule has 0 saturated heterocycles. The predicted molar refractivity (Wildman–Crippen MR) is 161 cm³/mol. The van der Waals surface area contributed by atoms with Crippen molar-refractivity contribution in [2.75, 3.05) is 19.6 Å². The number of aryl methyl sites for hydroxylation is 2. The topological polar surface area (TPSA) is 15.3 Å². The average Bonchev–Trinajstić information content (AvgIpc) is 3.39. The molecule has 0 aliphatic heterocycles. The molecule has 1 atom stereocenters. The minimum Gasteiger partial charge on any atom is -0.313 e. The highest BCUT2D eigenvalue weighted by Crippen LogP contribution is 2.27. The van der Waals surface area contributed by atoms with Gasteiger partial charge in [-0.05, 0) is 92.4 Å². The van der Waals surface area contributed by atoms with Crippen molar-refractivity contribution >= 4 is 0 Å². The zero-order chi connectivity index (χ0) is 25.8. The highest BCUT2D eigenvalue weighted by Gasteiger charge is 2.23. The minimum atomic E-state index is 0.430. The fourth-order valence-corrected chi connectivity index (χ4v) is 6.05. The number of fused-ring (bicyclic) bond motifs is 1. The van der Waals surface area contributed by atoms with E-state index in [2.05, 4.69) is 125 Å². The Labute approximate surface area is 229 Å². The molecule has 1 aliphatic carbocycles. The van der Waals surface area contributed by atoms with Gasteiger partial charge in [0, 0.05) is 12.1 Å². The summed E-state index contributed by atoms with van der Waals surface area (Å²) in [6.45, 7) is 3.29. The maximum absolute atomic E-state index is 3.92. The summed E-state index contributed by atoms with van der Waals surface area (Å²) < 4.78 is 0. The Morgan fingerprint density at radius 2 is 1.08 bits per heavy atom. The van der Waals surface area contributed by atoms with Gasteiger partial charge < -0.3 is 5.32 Å². The van der Waals surface area contributed by atoms with E-state index >= 15 is 0 Å². The molecule has 4 aromatic carbocycles. The Hall–Kier alpha value is -3.20. The maximum Gasteiger partial charge on any atom is 0.0360 e. The maximum atomic E-state index is 3.92. The van der Waals surface area contributed by atoms with Gasteiger partial charge in [-0.25, -0.2) is 0 Å². The summed E-state index contributed by atoms with van der Waals surface area (Å²) >= 11 is 0. The summed E-state index contributed by atoms with van der Waals surface area (Å²) in [6.07, 6.45) is 8.09. The SMILES string of the molecule is c1ccc(CCCN(CCCc2ccccc2)C(CCNC2Cc3ccccc3C2)c2ccccc2)cc1. The van der Waals surface area contributed by atoms with Crippen LogP contribution in [0.4, 0.5) is 0 Å². The van der Waals surface area contributed by atoms with Crippen molar-refractivity contribution in [3.05, 3.63) is 143 Å². The molecule has 2 nitrogen and oxygen atoms in total. The molecule has 38 heavy (non-hydrogen) atoms. The fourth-order valence-electron chi connectivity index (χ4n) is 6.05. The van der Waals surface area contributed by atoms with Crippen molar-refractivity contribution < 1.29 is 0 Å². The van der Waals surface area contributed by atoms with Crippen LogP contribution in [0.5, 0.6) is 0 Å². The summed E-state index contributed by atoms with van der Waals surface area (Å²) in [6, 6.07) is 43.1. The highest BCUT2D eigenvalue weighted by atomic mass is 15.2. The van der Waals surface area contributed by atoms with Crippen molar-refractivity contribution in [3.8, 4) is 0 Å². The van der Waals surface area contributed by atoms with Crippen LogP contribution in [0.25, 0.3) is 0 Å². The quantitative estimate of drug-likeness (QED) is 0.193. The van der Waals surface area contributed by atoms with Gasteiger partial charge in [0.2, 0.25) is 0 Å². The first-order valence-corrected chi connectivity index (χ1v) is 14.5. The Bertz CT molecular complexity index is 1140. The first kappa shape index (κ1) is 26.4. The molecule has 0 radical (unpaired) electrons. The van der Waals surface area contributed by atoms with Crippen LogP contribution in [0.2, 0.25) is 0 Å². The van der Waals surface area contributed by atoms with E-state index in [0.29, 0.717) is 12.1 Å². The second kappa shape index (κ2) is 14.1. The first-order chi connectivity index (χ1) is 18.8. The zero-order valence-corrected chi connectivity index (χ0v) is 22.6. The van der Waals surface area contributed by atoms with Crippen LogP contribution < -0.4 is 5.32 Å². The van der Waals surface area contributed by atoms with Crippen molar-refractivity contribution in [1.29, 1.82) is 0 Å². The van der Waals surface area contributed by atoms with Crippen molar-refractivity contribution in [1.82, 2.24) is 10.2 Å². The van der Waals surface area contributed by atoms with Gasteiger partial charge in [0.25, 0.3) is 0 Å². The Balaban J connectivity index is 1.24. The molecule has 4 aromatic rings. The highest BCUT2D eigenvalue weighted by molar-refractivity contribution is 5.33. The molecular formula is C36H42N2. The third kappa shape index (κ3) is 7.66. The van der Waals surface area contributed by atoms with Gasteiger partial charge in [0.05, 0.1) is 0 Å². The van der Waals surface area contributed by atoms with Gasteiger partial charge in [-0.3, -0.25) is 4.90 Å². The monoisotopic (exact) mass is 502 g/mol. The number of benzene rings is 4. The number of nitrogens with zero attached hydrogens (tertiary/aromatic N) is 1. The van der Waals surface area contributed by atoms with Crippen molar-refractivity contribution in [2.45, 2.75) is 57.0 Å². The summed E-state index contributed by atoms with van der Waals surface area (Å²) in [5, 5.41) is 3.92.